The van der Waals surface area contributed by atoms with Crippen LogP contribution in [0.15, 0.2) is 18.2 Å². The zero-order valence-electron chi connectivity index (χ0n) is 11.5. The minimum Gasteiger partial charge on any atom is -0.490 e. The molecule has 0 aromatic heterocycles. The van der Waals surface area contributed by atoms with Crippen LogP contribution in [0.3, 0.4) is 0 Å². The number of hydrogen-bond donors (Lipinski definition) is 1. The molecule has 1 N–H and O–H groups in total. The molecule has 1 aliphatic heterocycles. The van der Waals surface area contributed by atoms with Crippen LogP contribution in [0.1, 0.15) is 20.3 Å². The summed E-state index contributed by atoms with van der Waals surface area (Å²) in [4.78, 5) is 13.0. The summed E-state index contributed by atoms with van der Waals surface area (Å²) >= 11 is 0. The molecule has 5 heteroatoms. The Morgan fingerprint density at radius 2 is 1.89 bits per heavy atom. The molecule has 19 heavy (non-hydrogen) atoms. The second-order valence-electron chi connectivity index (χ2n) is 5.10. The van der Waals surface area contributed by atoms with E-state index in [0.717, 1.165) is 12.1 Å². The van der Waals surface area contributed by atoms with E-state index in [1.54, 1.807) is 25.8 Å². The van der Waals surface area contributed by atoms with Crippen LogP contribution < -0.4 is 14.4 Å². The van der Waals surface area contributed by atoms with Crippen molar-refractivity contribution in [3.05, 3.63) is 18.2 Å². The van der Waals surface area contributed by atoms with Gasteiger partial charge in [-0.2, -0.15) is 0 Å². The van der Waals surface area contributed by atoms with E-state index in [9.17, 15) is 9.90 Å². The van der Waals surface area contributed by atoms with Gasteiger partial charge in [-0.1, -0.05) is 0 Å². The second kappa shape index (κ2) is 4.99. The minimum absolute atomic E-state index is 0.614. The Morgan fingerprint density at radius 1 is 1.26 bits per heavy atom. The Balaban J connectivity index is 2.31. The number of carbonyl (C=O) groups is 1. The molecule has 0 saturated carbocycles. The van der Waals surface area contributed by atoms with Crippen molar-refractivity contribution < 1.29 is 19.4 Å². The summed E-state index contributed by atoms with van der Waals surface area (Å²) in [7, 11) is 1.76. The summed E-state index contributed by atoms with van der Waals surface area (Å²) in [6.45, 7) is 4.59. The molecule has 5 nitrogen and oxygen atoms in total. The highest BCUT2D eigenvalue weighted by molar-refractivity contribution is 5.82. The molecule has 0 fully saturated rings. The van der Waals surface area contributed by atoms with Crippen molar-refractivity contribution in [1.29, 1.82) is 0 Å². The maximum atomic E-state index is 11.3. The molecule has 0 aliphatic carbocycles. The number of carboxylic acid groups (broad SMARTS) is 1. The normalized spacial score (nSPS) is 14.7. The minimum atomic E-state index is -0.986. The van der Waals surface area contributed by atoms with Crippen LogP contribution in [-0.4, -0.2) is 36.9 Å². The molecule has 0 spiro atoms. The van der Waals surface area contributed by atoms with Crippen LogP contribution in [0.4, 0.5) is 5.69 Å². The highest BCUT2D eigenvalue weighted by Crippen LogP contribution is 2.35. The zero-order valence-corrected chi connectivity index (χ0v) is 11.5. The lowest BCUT2D eigenvalue weighted by molar-refractivity contribution is -0.142. The van der Waals surface area contributed by atoms with Gasteiger partial charge in [-0.15, -0.1) is 0 Å². The molecule has 2 rings (SSSR count). The Hall–Kier alpha value is -1.91. The molecule has 104 valence electrons. The fraction of sp³-hybridized carbons (Fsp3) is 0.500. The number of carboxylic acids is 1. The van der Waals surface area contributed by atoms with Crippen LogP contribution in [0.5, 0.6) is 11.5 Å². The second-order valence-corrected chi connectivity index (χ2v) is 5.10. The number of hydrogen-bond acceptors (Lipinski definition) is 4. The molecule has 0 radical (unpaired) electrons. The van der Waals surface area contributed by atoms with E-state index in [1.807, 2.05) is 18.2 Å². The summed E-state index contributed by atoms with van der Waals surface area (Å²) in [6, 6.07) is 5.49. The van der Waals surface area contributed by atoms with Crippen LogP contribution in [0.2, 0.25) is 0 Å². The van der Waals surface area contributed by atoms with Gasteiger partial charge in [0.05, 0.1) is 13.2 Å². The molecule has 0 bridgehead atoms. The van der Waals surface area contributed by atoms with Crippen molar-refractivity contribution in [1.82, 2.24) is 0 Å². The lowest BCUT2D eigenvalue weighted by Gasteiger charge is -2.33. The Morgan fingerprint density at radius 3 is 2.53 bits per heavy atom. The quantitative estimate of drug-likeness (QED) is 0.907. The molecule has 1 aromatic rings. The van der Waals surface area contributed by atoms with Crippen molar-refractivity contribution in [3.8, 4) is 11.5 Å². The molecule has 1 aromatic carbocycles. The third kappa shape index (κ3) is 2.59. The van der Waals surface area contributed by atoms with Gasteiger partial charge < -0.3 is 19.5 Å². The van der Waals surface area contributed by atoms with Crippen molar-refractivity contribution in [3.63, 3.8) is 0 Å². The third-order valence-electron chi connectivity index (χ3n) is 3.48. The summed E-state index contributed by atoms with van der Waals surface area (Å²) in [5.41, 5.74) is -0.198. The number of likely N-dealkylation sites (N-methyl/N-ethyl adjacent to an activating group) is 1. The summed E-state index contributed by atoms with van der Waals surface area (Å²) in [5.74, 6) is 0.507. The van der Waals surface area contributed by atoms with Crippen LogP contribution >= 0.6 is 0 Å². The van der Waals surface area contributed by atoms with Crippen LogP contribution in [0.25, 0.3) is 0 Å². The van der Waals surface area contributed by atoms with E-state index < -0.39 is 11.5 Å². The van der Waals surface area contributed by atoms with Crippen molar-refractivity contribution in [2.45, 2.75) is 25.8 Å². The number of anilines is 1. The molecule has 0 amide bonds. The molecular formula is C14H19NO4. The van der Waals surface area contributed by atoms with Gasteiger partial charge in [-0.05, 0) is 26.0 Å². The van der Waals surface area contributed by atoms with Gasteiger partial charge in [0, 0.05) is 25.2 Å². The predicted molar refractivity (Wildman–Crippen MR) is 72.2 cm³/mol. The maximum absolute atomic E-state index is 11.3. The number of aliphatic carboxylic acids is 1. The van der Waals surface area contributed by atoms with Gasteiger partial charge in [0.25, 0.3) is 0 Å². The van der Waals surface area contributed by atoms with E-state index in [4.69, 9.17) is 9.47 Å². The highest BCUT2D eigenvalue weighted by Gasteiger charge is 2.32. The Labute approximate surface area is 112 Å². The largest absolute Gasteiger partial charge is 0.490 e. The van der Waals surface area contributed by atoms with Crippen molar-refractivity contribution in [2.75, 3.05) is 25.2 Å². The number of ether oxygens (including phenoxy) is 2. The van der Waals surface area contributed by atoms with Crippen molar-refractivity contribution in [2.24, 2.45) is 0 Å². The Kier molecular flexibility index (Phi) is 3.55. The molecule has 1 aliphatic rings. The highest BCUT2D eigenvalue weighted by atomic mass is 16.5. The zero-order chi connectivity index (χ0) is 14.0. The van der Waals surface area contributed by atoms with E-state index in [1.165, 1.54) is 0 Å². The first-order chi connectivity index (χ1) is 8.93. The van der Waals surface area contributed by atoms with Crippen LogP contribution in [0, 0.1) is 0 Å². The average molecular weight is 265 g/mol. The van der Waals surface area contributed by atoms with Gasteiger partial charge in [-0.3, -0.25) is 0 Å². The standard InChI is InChI=1S/C14H19NO4/c1-14(2,13(16)17)15(3)10-5-6-11-12(9-10)19-8-4-7-18-11/h5-6,9H,4,7-8H2,1-3H3,(H,16,17). The topological polar surface area (TPSA) is 59.0 Å². The van der Waals surface area contributed by atoms with Gasteiger partial charge >= 0.3 is 5.97 Å². The first kappa shape index (κ1) is 13.5. The number of fused-ring (bicyclic) bond motifs is 1. The molecule has 0 unspecified atom stereocenters. The fourth-order valence-electron chi connectivity index (χ4n) is 1.83. The predicted octanol–water partition coefficient (Wildman–Crippen LogP) is 2.15. The summed E-state index contributed by atoms with van der Waals surface area (Å²) in [5, 5.41) is 9.26. The Bertz CT molecular complexity index is 484. The van der Waals surface area contributed by atoms with Gasteiger partial charge in [0.1, 0.15) is 5.54 Å². The number of benzene rings is 1. The van der Waals surface area contributed by atoms with Crippen LogP contribution in [-0.2, 0) is 4.79 Å². The molecular weight excluding hydrogens is 246 g/mol. The van der Waals surface area contributed by atoms with E-state index in [-0.39, 0.29) is 0 Å². The van der Waals surface area contributed by atoms with E-state index in [2.05, 4.69) is 0 Å². The summed E-state index contributed by atoms with van der Waals surface area (Å²) in [6.07, 6.45) is 0.848. The molecule has 1 heterocycles. The molecule has 0 atom stereocenters. The van der Waals surface area contributed by atoms with Gasteiger partial charge in [0.2, 0.25) is 0 Å². The fourth-order valence-corrected chi connectivity index (χ4v) is 1.83. The van der Waals surface area contributed by atoms with Crippen molar-refractivity contribution >= 4 is 11.7 Å². The average Bonchev–Trinajstić information content (AvgIpc) is 2.61. The van der Waals surface area contributed by atoms with E-state index in [0.29, 0.717) is 24.7 Å². The maximum Gasteiger partial charge on any atom is 0.328 e. The SMILES string of the molecule is CN(c1ccc2c(c1)OCCCO2)C(C)(C)C(=O)O. The third-order valence-corrected chi connectivity index (χ3v) is 3.48. The first-order valence-electron chi connectivity index (χ1n) is 6.30. The smallest absolute Gasteiger partial charge is 0.328 e. The first-order valence-corrected chi connectivity index (χ1v) is 6.30. The monoisotopic (exact) mass is 265 g/mol. The lowest BCUT2D eigenvalue weighted by Crippen LogP contribution is -2.48. The van der Waals surface area contributed by atoms with E-state index >= 15 is 0 Å². The number of nitrogens with zero attached hydrogens (tertiary/aromatic N) is 1. The lowest BCUT2D eigenvalue weighted by atomic mass is 10.0. The number of rotatable bonds is 3. The molecule has 0 saturated heterocycles. The van der Waals surface area contributed by atoms with Gasteiger partial charge in [0.15, 0.2) is 11.5 Å². The van der Waals surface area contributed by atoms with Gasteiger partial charge in [-0.25, -0.2) is 4.79 Å². The summed E-state index contributed by atoms with van der Waals surface area (Å²) < 4.78 is 11.2.